The van der Waals surface area contributed by atoms with Gasteiger partial charge in [-0.1, -0.05) is 26.5 Å². The van der Waals surface area contributed by atoms with E-state index in [0.717, 1.165) is 0 Å². The largest absolute Gasteiger partial charge is 0.460 e. The maximum atomic E-state index is 12.8. The molecule has 0 spiro atoms. The van der Waals surface area contributed by atoms with Crippen LogP contribution in [0.25, 0.3) is 0 Å². The van der Waals surface area contributed by atoms with Gasteiger partial charge in [0.25, 0.3) is 0 Å². The number of nitrogens with one attached hydrogen (secondary N) is 2. The summed E-state index contributed by atoms with van der Waals surface area (Å²) in [5.41, 5.74) is 1.03. The molecule has 1 unspecified atom stereocenters. The third-order valence-electron chi connectivity index (χ3n) is 4.17. The number of ether oxygens (including phenoxy) is 2. The van der Waals surface area contributed by atoms with Gasteiger partial charge in [-0.3, -0.25) is 15.0 Å². The highest BCUT2D eigenvalue weighted by molar-refractivity contribution is 5.94. The number of carbonyl (C=O) groups excluding carboxylic acids is 3. The second kappa shape index (κ2) is 9.01. The molecule has 0 bridgehead atoms. The first-order chi connectivity index (χ1) is 12.5. The van der Waals surface area contributed by atoms with Crippen LogP contribution in [-0.4, -0.2) is 48.4 Å². The maximum absolute atomic E-state index is 12.8. The molecule has 0 aromatic carbocycles. The third-order valence-corrected chi connectivity index (χ3v) is 4.17. The van der Waals surface area contributed by atoms with Crippen molar-refractivity contribution in [1.82, 2.24) is 10.7 Å². The number of rotatable bonds is 10. The summed E-state index contributed by atoms with van der Waals surface area (Å²) in [6, 6.07) is -0.816. The summed E-state index contributed by atoms with van der Waals surface area (Å²) in [5, 5.41) is 6.34. The van der Waals surface area contributed by atoms with E-state index in [9.17, 15) is 14.4 Å². The number of esters is 2. The molecule has 0 aliphatic heterocycles. The Morgan fingerprint density at radius 2 is 1.96 bits per heavy atom. The van der Waals surface area contributed by atoms with E-state index in [1.54, 1.807) is 34.6 Å². The zero-order valence-corrected chi connectivity index (χ0v) is 16.8. The molecule has 1 saturated carbocycles. The van der Waals surface area contributed by atoms with Crippen LogP contribution >= 0.6 is 0 Å². The summed E-state index contributed by atoms with van der Waals surface area (Å²) in [4.78, 5) is 37.1. The van der Waals surface area contributed by atoms with Crippen molar-refractivity contribution in [2.75, 3.05) is 6.61 Å². The van der Waals surface area contributed by atoms with Gasteiger partial charge in [-0.25, -0.2) is 4.79 Å². The second-order valence-electron chi connectivity index (χ2n) is 8.05. The average molecular weight is 381 g/mol. The first-order valence-electron chi connectivity index (χ1n) is 9.00. The maximum Gasteiger partial charge on any atom is 0.329 e. The van der Waals surface area contributed by atoms with Crippen molar-refractivity contribution in [2.45, 2.75) is 64.6 Å². The van der Waals surface area contributed by atoms with Crippen LogP contribution in [-0.2, 0) is 23.9 Å². The van der Waals surface area contributed by atoms with Gasteiger partial charge in [0.05, 0.1) is 6.42 Å². The molecule has 1 aliphatic rings. The SMILES string of the molecule is C=CCOC(=O)[C@@H](NC(=O)C1(NN=C)C[C@H]1CC(=O)OC(C)(C)C)C(C)C. The number of hydrazone groups is 1. The second-order valence-corrected chi connectivity index (χ2v) is 8.05. The van der Waals surface area contributed by atoms with Crippen molar-refractivity contribution in [3.8, 4) is 0 Å². The van der Waals surface area contributed by atoms with Gasteiger partial charge in [0, 0.05) is 12.6 Å². The van der Waals surface area contributed by atoms with E-state index in [4.69, 9.17) is 9.47 Å². The molecule has 1 amide bonds. The van der Waals surface area contributed by atoms with E-state index in [1.165, 1.54) is 6.08 Å². The summed E-state index contributed by atoms with van der Waals surface area (Å²) in [7, 11) is 0. The standard InChI is InChI=1S/C19H31N3O5/c1-8-9-26-16(24)15(12(2)3)21-17(25)19(22-20-7)11-13(19)10-14(23)27-18(4,5)6/h8,12-13,15,22H,1,7,9-11H2,2-6H3,(H,21,25)/t13-,15+,19?/m1/s1. The number of carbonyl (C=O) groups is 3. The van der Waals surface area contributed by atoms with Gasteiger partial charge in [-0.05, 0) is 33.1 Å². The van der Waals surface area contributed by atoms with Crippen LogP contribution in [0.4, 0.5) is 0 Å². The monoisotopic (exact) mass is 381 g/mol. The molecule has 0 aromatic rings. The first-order valence-corrected chi connectivity index (χ1v) is 9.00. The Bertz CT molecular complexity index is 597. The van der Waals surface area contributed by atoms with E-state index >= 15 is 0 Å². The van der Waals surface area contributed by atoms with Crippen LogP contribution in [0, 0.1) is 11.8 Å². The molecule has 8 nitrogen and oxygen atoms in total. The molecule has 0 heterocycles. The Morgan fingerprint density at radius 3 is 2.44 bits per heavy atom. The smallest absolute Gasteiger partial charge is 0.329 e. The minimum absolute atomic E-state index is 0.0663. The molecule has 1 aliphatic carbocycles. The van der Waals surface area contributed by atoms with Gasteiger partial charge < -0.3 is 14.8 Å². The van der Waals surface area contributed by atoms with Crippen LogP contribution in [0.15, 0.2) is 17.8 Å². The molecule has 1 rings (SSSR count). The van der Waals surface area contributed by atoms with Crippen LogP contribution in [0.5, 0.6) is 0 Å². The van der Waals surface area contributed by atoms with Crippen LogP contribution < -0.4 is 10.7 Å². The Morgan fingerprint density at radius 1 is 1.33 bits per heavy atom. The van der Waals surface area contributed by atoms with Crippen molar-refractivity contribution in [1.29, 1.82) is 0 Å². The van der Waals surface area contributed by atoms with Crippen LogP contribution in [0.2, 0.25) is 0 Å². The van der Waals surface area contributed by atoms with Gasteiger partial charge in [-0.2, -0.15) is 5.10 Å². The third kappa shape index (κ3) is 6.37. The summed E-state index contributed by atoms with van der Waals surface area (Å²) in [6.07, 6.45) is 1.92. The normalized spacial score (nSPS) is 22.4. The van der Waals surface area contributed by atoms with Gasteiger partial charge in [0.2, 0.25) is 5.91 Å². The quantitative estimate of drug-likeness (QED) is 0.257. The molecule has 0 aromatic heterocycles. The highest BCUT2D eigenvalue weighted by Gasteiger charge is 2.61. The van der Waals surface area contributed by atoms with E-state index in [1.807, 2.05) is 0 Å². The zero-order valence-electron chi connectivity index (χ0n) is 16.8. The summed E-state index contributed by atoms with van der Waals surface area (Å²) >= 11 is 0. The van der Waals surface area contributed by atoms with Gasteiger partial charge >= 0.3 is 11.9 Å². The minimum atomic E-state index is -1.08. The summed E-state index contributed by atoms with van der Waals surface area (Å²) in [6.45, 7) is 15.9. The molecular formula is C19H31N3O5. The van der Waals surface area contributed by atoms with Crippen molar-refractivity contribution in [3.63, 3.8) is 0 Å². The number of nitrogens with zero attached hydrogens (tertiary/aromatic N) is 1. The molecule has 1 fully saturated rings. The van der Waals surface area contributed by atoms with E-state index < -0.39 is 29.1 Å². The minimum Gasteiger partial charge on any atom is -0.460 e. The highest BCUT2D eigenvalue weighted by atomic mass is 16.6. The average Bonchev–Trinajstić information content (AvgIpc) is 3.21. The zero-order chi connectivity index (χ0) is 20.8. The topological polar surface area (TPSA) is 106 Å². The molecular weight excluding hydrogens is 350 g/mol. The van der Waals surface area contributed by atoms with Gasteiger partial charge in [0.15, 0.2) is 0 Å². The lowest BCUT2D eigenvalue weighted by Gasteiger charge is -2.24. The van der Waals surface area contributed by atoms with Crippen LogP contribution in [0.3, 0.4) is 0 Å². The molecule has 8 heteroatoms. The number of amides is 1. The van der Waals surface area contributed by atoms with Crippen LogP contribution in [0.1, 0.15) is 47.5 Å². The molecule has 2 N–H and O–H groups in total. The van der Waals surface area contributed by atoms with E-state index in [2.05, 4.69) is 29.1 Å². The molecule has 0 radical (unpaired) electrons. The fourth-order valence-corrected chi connectivity index (χ4v) is 2.77. The van der Waals surface area contributed by atoms with Gasteiger partial charge in [-0.15, -0.1) is 0 Å². The Labute approximate surface area is 160 Å². The summed E-state index contributed by atoms with van der Waals surface area (Å²) < 4.78 is 10.4. The Kier molecular flexibility index (Phi) is 7.56. The predicted octanol–water partition coefficient (Wildman–Crippen LogP) is 1.55. The van der Waals surface area contributed by atoms with E-state index in [0.29, 0.717) is 6.42 Å². The van der Waals surface area contributed by atoms with E-state index in [-0.39, 0.29) is 30.8 Å². The Hall–Kier alpha value is -2.38. The predicted molar refractivity (Wildman–Crippen MR) is 102 cm³/mol. The Balaban J connectivity index is 2.81. The number of hydrogen-bond donors (Lipinski definition) is 2. The fraction of sp³-hybridized carbons (Fsp3) is 0.684. The highest BCUT2D eigenvalue weighted by Crippen LogP contribution is 2.46. The van der Waals surface area contributed by atoms with Crippen molar-refractivity contribution >= 4 is 24.6 Å². The van der Waals surface area contributed by atoms with Crippen molar-refractivity contribution < 1.29 is 23.9 Å². The lowest BCUT2D eigenvalue weighted by Crippen LogP contribution is -2.54. The van der Waals surface area contributed by atoms with Crippen molar-refractivity contribution in [2.24, 2.45) is 16.9 Å². The molecule has 152 valence electrons. The van der Waals surface area contributed by atoms with Gasteiger partial charge in [0.1, 0.15) is 23.8 Å². The molecule has 3 atom stereocenters. The number of hydrogen-bond acceptors (Lipinski definition) is 7. The lowest BCUT2D eigenvalue weighted by atomic mass is 10.0. The fourth-order valence-electron chi connectivity index (χ4n) is 2.77. The molecule has 0 saturated heterocycles. The lowest BCUT2D eigenvalue weighted by molar-refractivity contribution is -0.155. The van der Waals surface area contributed by atoms with Crippen molar-refractivity contribution in [3.05, 3.63) is 12.7 Å². The first kappa shape index (κ1) is 22.7. The molecule has 27 heavy (non-hydrogen) atoms. The summed E-state index contributed by atoms with van der Waals surface area (Å²) in [5.74, 6) is -1.82.